The first-order valence-electron chi connectivity index (χ1n) is 12.0. The van der Waals surface area contributed by atoms with Crippen LogP contribution in [0, 0.1) is 0 Å². The molecule has 0 saturated heterocycles. The van der Waals surface area contributed by atoms with Crippen molar-refractivity contribution in [3.8, 4) is 0 Å². The van der Waals surface area contributed by atoms with Crippen molar-refractivity contribution in [3.63, 3.8) is 0 Å². The van der Waals surface area contributed by atoms with E-state index in [4.69, 9.17) is 15.2 Å². The maximum atomic E-state index is 12.9. The van der Waals surface area contributed by atoms with Crippen LogP contribution in [0.1, 0.15) is 34.8 Å². The van der Waals surface area contributed by atoms with Crippen LogP contribution in [0.3, 0.4) is 0 Å². The number of aromatic nitrogens is 2. The van der Waals surface area contributed by atoms with Gasteiger partial charge in [-0.3, -0.25) is 18.7 Å². The molecule has 1 heterocycles. The van der Waals surface area contributed by atoms with Crippen molar-refractivity contribution in [2.75, 3.05) is 12.3 Å². The van der Waals surface area contributed by atoms with Crippen LogP contribution in [0.2, 0.25) is 0 Å². The third-order valence-electron chi connectivity index (χ3n) is 5.73. The topological polar surface area (TPSA) is 152 Å². The molecule has 3 rings (SSSR count). The zero-order valence-corrected chi connectivity index (χ0v) is 21.2. The van der Waals surface area contributed by atoms with Gasteiger partial charge >= 0.3 is 17.8 Å². The lowest BCUT2D eigenvalue weighted by atomic mass is 10.1. The van der Waals surface area contributed by atoms with E-state index in [2.05, 4.69) is 5.32 Å². The van der Waals surface area contributed by atoms with Gasteiger partial charge in [0.2, 0.25) is 5.78 Å². The standard InChI is InChI=1S/C27H30N4O7/c1-3-14-31-23(28)22(24(33)30(2)27(31)36)21(32)17-37-25(34)20(15-18-10-6-4-7-11-18)29-26(35)38-16-19-12-8-5-9-13-19/h4-13,20H,3,14-17,28H2,1-2H3,(H,29,35)/t20-/m0/s1. The second-order valence-corrected chi connectivity index (χ2v) is 8.54. The fraction of sp³-hybridized carbons (Fsp3) is 0.296. The SMILES string of the molecule is CCCn1c(N)c(C(=O)COC(=O)[C@H](Cc2ccccc2)NC(=O)OCc2ccccc2)c(=O)n(C)c1=O. The highest BCUT2D eigenvalue weighted by atomic mass is 16.6. The van der Waals surface area contributed by atoms with Gasteiger partial charge in [-0.25, -0.2) is 14.4 Å². The Kier molecular flexibility index (Phi) is 9.58. The third-order valence-corrected chi connectivity index (χ3v) is 5.73. The first kappa shape index (κ1) is 27.9. The van der Waals surface area contributed by atoms with Crippen LogP contribution >= 0.6 is 0 Å². The Morgan fingerprint density at radius 1 is 0.947 bits per heavy atom. The van der Waals surface area contributed by atoms with Gasteiger partial charge in [0, 0.05) is 20.0 Å². The van der Waals surface area contributed by atoms with E-state index in [9.17, 15) is 24.0 Å². The maximum Gasteiger partial charge on any atom is 0.408 e. The third kappa shape index (κ3) is 6.96. The molecular formula is C27H30N4O7. The van der Waals surface area contributed by atoms with Crippen LogP contribution < -0.4 is 22.3 Å². The number of amides is 1. The number of nitrogens with one attached hydrogen (secondary N) is 1. The Hall–Kier alpha value is -4.67. The molecule has 0 aliphatic heterocycles. The fourth-order valence-electron chi connectivity index (χ4n) is 3.74. The largest absolute Gasteiger partial charge is 0.456 e. The number of nitrogen functional groups attached to an aromatic ring is 1. The van der Waals surface area contributed by atoms with Crippen molar-refractivity contribution in [1.82, 2.24) is 14.5 Å². The van der Waals surface area contributed by atoms with E-state index >= 15 is 0 Å². The van der Waals surface area contributed by atoms with Gasteiger partial charge < -0.3 is 20.5 Å². The van der Waals surface area contributed by atoms with E-state index in [-0.39, 0.29) is 25.4 Å². The van der Waals surface area contributed by atoms with Gasteiger partial charge in [0.05, 0.1) is 0 Å². The molecule has 0 aliphatic carbocycles. The number of nitrogens with two attached hydrogens (primary N) is 1. The Morgan fingerprint density at radius 2 is 1.55 bits per heavy atom. The number of ketones is 1. The predicted octanol–water partition coefficient (Wildman–Crippen LogP) is 1.80. The average molecular weight is 523 g/mol. The molecule has 38 heavy (non-hydrogen) atoms. The molecule has 0 aliphatic rings. The highest BCUT2D eigenvalue weighted by Crippen LogP contribution is 2.09. The zero-order valence-electron chi connectivity index (χ0n) is 21.2. The summed E-state index contributed by atoms with van der Waals surface area (Å²) < 4.78 is 12.3. The van der Waals surface area contributed by atoms with Gasteiger partial charge in [0.25, 0.3) is 5.56 Å². The van der Waals surface area contributed by atoms with Gasteiger partial charge in [-0.1, -0.05) is 67.6 Å². The second-order valence-electron chi connectivity index (χ2n) is 8.54. The van der Waals surface area contributed by atoms with Crippen molar-refractivity contribution in [2.45, 2.75) is 39.0 Å². The average Bonchev–Trinajstić information content (AvgIpc) is 2.92. The summed E-state index contributed by atoms with van der Waals surface area (Å²) in [7, 11) is 1.24. The summed E-state index contributed by atoms with van der Waals surface area (Å²) in [6.07, 6.45) is -0.236. The molecule has 2 aromatic carbocycles. The van der Waals surface area contributed by atoms with E-state index in [1.54, 1.807) is 54.6 Å². The lowest BCUT2D eigenvalue weighted by Gasteiger charge is -2.18. The van der Waals surface area contributed by atoms with Gasteiger partial charge in [-0.05, 0) is 17.5 Å². The number of nitrogens with zero attached hydrogens (tertiary/aromatic N) is 2. The van der Waals surface area contributed by atoms with Crippen LogP contribution in [-0.4, -0.2) is 39.6 Å². The van der Waals surface area contributed by atoms with E-state index in [1.165, 1.54) is 7.05 Å². The number of hydrogen-bond donors (Lipinski definition) is 2. The van der Waals surface area contributed by atoms with Crippen molar-refractivity contribution < 1.29 is 23.9 Å². The molecule has 0 fully saturated rings. The Bertz CT molecular complexity index is 1400. The summed E-state index contributed by atoms with van der Waals surface area (Å²) in [5, 5.41) is 2.48. The summed E-state index contributed by atoms with van der Waals surface area (Å²) in [5.74, 6) is -2.06. The van der Waals surface area contributed by atoms with Gasteiger partial charge in [-0.2, -0.15) is 0 Å². The van der Waals surface area contributed by atoms with Crippen molar-refractivity contribution >= 4 is 23.7 Å². The van der Waals surface area contributed by atoms with E-state index in [1.807, 2.05) is 13.0 Å². The van der Waals surface area contributed by atoms with E-state index < -0.39 is 47.3 Å². The molecule has 11 heteroatoms. The van der Waals surface area contributed by atoms with Crippen LogP contribution in [0.4, 0.5) is 10.6 Å². The Balaban J connectivity index is 1.73. The van der Waals surface area contributed by atoms with Crippen molar-refractivity contribution in [3.05, 3.63) is 98.2 Å². The second kappa shape index (κ2) is 13.0. The summed E-state index contributed by atoms with van der Waals surface area (Å²) in [6, 6.07) is 16.7. The molecule has 200 valence electrons. The molecule has 0 unspecified atom stereocenters. The summed E-state index contributed by atoms with van der Waals surface area (Å²) in [5.41, 5.74) is 5.49. The minimum absolute atomic E-state index is 0.00565. The number of benzene rings is 2. The molecule has 11 nitrogen and oxygen atoms in total. The van der Waals surface area contributed by atoms with Gasteiger partial charge in [0.1, 0.15) is 24.0 Å². The monoisotopic (exact) mass is 522 g/mol. The van der Waals surface area contributed by atoms with Gasteiger partial charge in [0.15, 0.2) is 6.61 Å². The fourth-order valence-corrected chi connectivity index (χ4v) is 3.74. The molecule has 0 spiro atoms. The normalized spacial score (nSPS) is 11.4. The smallest absolute Gasteiger partial charge is 0.408 e. The quantitative estimate of drug-likeness (QED) is 0.286. The number of carbonyl (C=O) groups excluding carboxylic acids is 3. The summed E-state index contributed by atoms with van der Waals surface area (Å²) >= 11 is 0. The van der Waals surface area contributed by atoms with Crippen LogP contribution in [0.15, 0.2) is 70.3 Å². The highest BCUT2D eigenvalue weighted by molar-refractivity contribution is 6.01. The molecule has 0 bridgehead atoms. The minimum Gasteiger partial charge on any atom is -0.456 e. The van der Waals surface area contributed by atoms with Crippen LogP contribution in [0.5, 0.6) is 0 Å². The lowest BCUT2D eigenvalue weighted by Crippen LogP contribution is -2.45. The van der Waals surface area contributed by atoms with Gasteiger partial charge in [-0.15, -0.1) is 0 Å². The van der Waals surface area contributed by atoms with E-state index in [0.717, 1.165) is 20.3 Å². The Morgan fingerprint density at radius 3 is 2.16 bits per heavy atom. The highest BCUT2D eigenvalue weighted by Gasteiger charge is 2.27. The number of alkyl carbamates (subject to hydrolysis) is 1. The minimum atomic E-state index is -1.18. The molecule has 1 atom stereocenters. The number of hydrogen-bond acceptors (Lipinski definition) is 8. The summed E-state index contributed by atoms with van der Waals surface area (Å²) in [4.78, 5) is 63.2. The maximum absolute atomic E-state index is 12.9. The van der Waals surface area contributed by atoms with Crippen molar-refractivity contribution in [2.24, 2.45) is 7.05 Å². The zero-order chi connectivity index (χ0) is 27.7. The number of Topliss-reactive ketones (excluding diaryl/α,β-unsaturated/α-hetero) is 1. The van der Waals surface area contributed by atoms with Crippen LogP contribution in [0.25, 0.3) is 0 Å². The molecule has 0 saturated carbocycles. The van der Waals surface area contributed by atoms with Crippen LogP contribution in [-0.2, 0) is 40.9 Å². The molecule has 1 aromatic heterocycles. The molecule has 3 N–H and O–H groups in total. The number of anilines is 1. The van der Waals surface area contributed by atoms with E-state index in [0.29, 0.717) is 6.42 Å². The lowest BCUT2D eigenvalue weighted by molar-refractivity contribution is -0.144. The summed E-state index contributed by atoms with van der Waals surface area (Å²) in [6.45, 7) is 1.20. The number of ether oxygens (including phenoxy) is 2. The molecule has 3 aromatic rings. The first-order chi connectivity index (χ1) is 18.2. The molecular weight excluding hydrogens is 492 g/mol. The predicted molar refractivity (Wildman–Crippen MR) is 140 cm³/mol. The Labute approximate surface area is 218 Å². The molecule has 0 radical (unpaired) electrons. The number of esters is 1. The first-order valence-corrected chi connectivity index (χ1v) is 12.0. The number of rotatable bonds is 11. The number of carbonyl (C=O) groups is 3. The van der Waals surface area contributed by atoms with Crippen molar-refractivity contribution in [1.29, 1.82) is 0 Å². The molecule has 1 amide bonds.